The first-order chi connectivity index (χ1) is 18.5. The van der Waals surface area contributed by atoms with E-state index in [1.54, 1.807) is 12.1 Å². The fourth-order valence-corrected chi connectivity index (χ4v) is 6.24. The van der Waals surface area contributed by atoms with Crippen molar-refractivity contribution in [3.8, 4) is 11.3 Å². The molecule has 1 aliphatic heterocycles. The van der Waals surface area contributed by atoms with Crippen LogP contribution in [0.5, 0.6) is 0 Å². The molecule has 38 heavy (non-hydrogen) atoms. The number of anilines is 1. The molecule has 190 valence electrons. The number of non-ortho nitro benzene ring substituents is 1. The van der Waals surface area contributed by atoms with Crippen LogP contribution in [0.15, 0.2) is 88.9 Å². The van der Waals surface area contributed by atoms with Crippen molar-refractivity contribution in [3.63, 3.8) is 0 Å². The van der Waals surface area contributed by atoms with E-state index in [4.69, 9.17) is 33.3 Å². The molecule has 9 heteroatoms. The van der Waals surface area contributed by atoms with Crippen LogP contribution in [0, 0.1) is 16.0 Å². The first-order valence-corrected chi connectivity index (χ1v) is 13.9. The van der Waals surface area contributed by atoms with E-state index in [2.05, 4.69) is 18.2 Å². The van der Waals surface area contributed by atoms with Crippen molar-refractivity contribution in [2.75, 3.05) is 5.01 Å². The van der Waals surface area contributed by atoms with E-state index in [1.165, 1.54) is 29.0 Å². The number of hydrogen-bond donors (Lipinski definition) is 0. The van der Waals surface area contributed by atoms with E-state index in [9.17, 15) is 10.1 Å². The van der Waals surface area contributed by atoms with Crippen LogP contribution in [-0.2, 0) is 0 Å². The highest BCUT2D eigenvalue weighted by Gasteiger charge is 2.42. The molecule has 1 aliphatic carbocycles. The summed E-state index contributed by atoms with van der Waals surface area (Å²) in [5.74, 6) is 0.218. The number of fused-ring (bicyclic) bond motifs is 1. The molecule has 6 nitrogen and oxygen atoms in total. The number of nitro benzene ring substituents is 1. The molecule has 2 aliphatic rings. The minimum Gasteiger partial charge on any atom is -0.258 e. The van der Waals surface area contributed by atoms with Crippen LogP contribution in [0.1, 0.15) is 36.4 Å². The van der Waals surface area contributed by atoms with Gasteiger partial charge in [-0.05, 0) is 78.4 Å². The van der Waals surface area contributed by atoms with Gasteiger partial charge in [-0.3, -0.25) is 10.1 Å². The monoisotopic (exact) mass is 560 g/mol. The van der Waals surface area contributed by atoms with Gasteiger partial charge in [0, 0.05) is 39.0 Å². The standard InChI is InChI=1S/C29H22Cl2N4O2S/c30-22-10-4-18(5-11-22)16-21-2-1-3-25-27(21)33-34(28(25)20-6-12-23(31)13-7-20)29-32-26(17-38-29)19-8-14-24(15-9-19)35(36)37/h4-17,25,28H,1-3H2/b21-16-/t25-,28-/m1/s1. The summed E-state index contributed by atoms with van der Waals surface area (Å²) in [4.78, 5) is 15.6. The third-order valence-corrected chi connectivity index (χ3v) is 8.32. The molecule has 0 unspecified atom stereocenters. The lowest BCUT2D eigenvalue weighted by atomic mass is 9.77. The molecule has 3 aromatic carbocycles. The molecule has 1 saturated carbocycles. The van der Waals surface area contributed by atoms with Gasteiger partial charge in [0.15, 0.2) is 0 Å². The quantitative estimate of drug-likeness (QED) is 0.180. The van der Waals surface area contributed by atoms with Gasteiger partial charge in [-0.1, -0.05) is 47.5 Å². The number of hydrazone groups is 1. The highest BCUT2D eigenvalue weighted by Crippen LogP contribution is 2.47. The Bertz CT molecular complexity index is 1550. The molecule has 0 saturated heterocycles. The Balaban J connectivity index is 1.39. The van der Waals surface area contributed by atoms with Crippen LogP contribution in [0.2, 0.25) is 10.0 Å². The van der Waals surface area contributed by atoms with Crippen LogP contribution in [0.25, 0.3) is 17.3 Å². The molecular formula is C29H22Cl2N4O2S. The highest BCUT2D eigenvalue weighted by atomic mass is 35.5. The average Bonchev–Trinajstić information content (AvgIpc) is 3.57. The Morgan fingerprint density at radius 1 is 0.974 bits per heavy atom. The Kier molecular flexibility index (Phi) is 6.74. The number of aromatic nitrogens is 1. The first-order valence-electron chi connectivity index (χ1n) is 12.3. The molecule has 1 fully saturated rings. The largest absolute Gasteiger partial charge is 0.269 e. The topological polar surface area (TPSA) is 71.6 Å². The lowest BCUT2D eigenvalue weighted by Gasteiger charge is -2.29. The summed E-state index contributed by atoms with van der Waals surface area (Å²) >= 11 is 13.8. The molecule has 1 aromatic heterocycles. The third kappa shape index (κ3) is 4.85. The van der Waals surface area contributed by atoms with Gasteiger partial charge in [-0.25, -0.2) is 9.99 Å². The zero-order chi connectivity index (χ0) is 26.2. The Hall–Kier alpha value is -3.52. The fourth-order valence-electron chi connectivity index (χ4n) is 5.17. The second kappa shape index (κ2) is 10.3. The van der Waals surface area contributed by atoms with Crippen LogP contribution in [0.3, 0.4) is 0 Å². The van der Waals surface area contributed by atoms with E-state index in [0.29, 0.717) is 10.0 Å². The number of allylic oxidation sites excluding steroid dienone is 1. The molecule has 0 N–H and O–H groups in total. The summed E-state index contributed by atoms with van der Waals surface area (Å²) < 4.78 is 0. The number of halogens is 2. The number of hydrogen-bond acceptors (Lipinski definition) is 6. The maximum absolute atomic E-state index is 11.1. The van der Waals surface area contributed by atoms with Gasteiger partial charge in [0.1, 0.15) is 0 Å². The van der Waals surface area contributed by atoms with E-state index >= 15 is 0 Å². The minimum atomic E-state index is -0.399. The highest BCUT2D eigenvalue weighted by molar-refractivity contribution is 7.14. The first kappa shape index (κ1) is 24.8. The fraction of sp³-hybridized carbons (Fsp3) is 0.172. The van der Waals surface area contributed by atoms with Crippen molar-refractivity contribution < 1.29 is 4.92 Å². The van der Waals surface area contributed by atoms with Crippen LogP contribution >= 0.6 is 34.5 Å². The van der Waals surface area contributed by atoms with Crippen molar-refractivity contribution in [1.29, 1.82) is 0 Å². The average molecular weight is 561 g/mol. The minimum absolute atomic E-state index is 0.00737. The van der Waals surface area contributed by atoms with Gasteiger partial charge < -0.3 is 0 Å². The van der Waals surface area contributed by atoms with Gasteiger partial charge in [-0.15, -0.1) is 11.3 Å². The van der Waals surface area contributed by atoms with Crippen molar-refractivity contribution in [3.05, 3.63) is 115 Å². The maximum Gasteiger partial charge on any atom is 0.269 e. The van der Waals surface area contributed by atoms with Gasteiger partial charge in [0.25, 0.3) is 5.69 Å². The predicted molar refractivity (Wildman–Crippen MR) is 155 cm³/mol. The summed E-state index contributed by atoms with van der Waals surface area (Å²) in [6, 6.07) is 22.3. The van der Waals surface area contributed by atoms with Crippen molar-refractivity contribution in [1.82, 2.24) is 4.98 Å². The van der Waals surface area contributed by atoms with Gasteiger partial charge >= 0.3 is 0 Å². The zero-order valence-electron chi connectivity index (χ0n) is 20.1. The van der Waals surface area contributed by atoms with Gasteiger partial charge in [0.05, 0.1) is 22.4 Å². The molecule has 0 spiro atoms. The molecule has 0 amide bonds. The number of benzene rings is 3. The second-order valence-electron chi connectivity index (χ2n) is 9.37. The second-order valence-corrected chi connectivity index (χ2v) is 11.1. The summed E-state index contributed by atoms with van der Waals surface area (Å²) in [5.41, 5.74) is 6.22. The van der Waals surface area contributed by atoms with E-state index in [-0.39, 0.29) is 17.6 Å². The van der Waals surface area contributed by atoms with Gasteiger partial charge in [-0.2, -0.15) is 5.10 Å². The van der Waals surface area contributed by atoms with Crippen molar-refractivity contribution in [2.24, 2.45) is 11.0 Å². The summed E-state index contributed by atoms with van der Waals surface area (Å²) in [7, 11) is 0. The molecular weight excluding hydrogens is 539 g/mol. The Morgan fingerprint density at radius 3 is 2.34 bits per heavy atom. The number of nitrogens with zero attached hydrogens (tertiary/aromatic N) is 4. The predicted octanol–water partition coefficient (Wildman–Crippen LogP) is 8.83. The third-order valence-electron chi connectivity index (χ3n) is 6.99. The molecule has 0 bridgehead atoms. The van der Waals surface area contributed by atoms with Crippen molar-refractivity contribution >= 4 is 57.1 Å². The zero-order valence-corrected chi connectivity index (χ0v) is 22.5. The summed E-state index contributed by atoms with van der Waals surface area (Å²) in [5, 5.41) is 22.4. The molecule has 6 rings (SSSR count). The SMILES string of the molecule is O=[N+]([O-])c1ccc(-c2csc(N3N=C4/C(=C\c5ccc(Cl)cc5)CCC[C@H]4[C@H]3c3ccc(Cl)cc3)n2)cc1. The summed E-state index contributed by atoms with van der Waals surface area (Å²) in [6.07, 6.45) is 5.28. The maximum atomic E-state index is 11.1. The lowest BCUT2D eigenvalue weighted by molar-refractivity contribution is -0.384. The van der Waals surface area contributed by atoms with E-state index in [0.717, 1.165) is 52.5 Å². The van der Waals surface area contributed by atoms with E-state index in [1.807, 2.05) is 46.8 Å². The van der Waals surface area contributed by atoms with Gasteiger partial charge in [0.2, 0.25) is 5.13 Å². The smallest absolute Gasteiger partial charge is 0.258 e. The molecule has 4 aromatic rings. The normalized spacial score (nSPS) is 19.9. The number of rotatable bonds is 5. The number of nitro groups is 1. The Morgan fingerprint density at radius 2 is 1.66 bits per heavy atom. The Labute approximate surface area is 234 Å². The molecule has 0 radical (unpaired) electrons. The van der Waals surface area contributed by atoms with Crippen molar-refractivity contribution in [2.45, 2.75) is 25.3 Å². The molecule has 2 atom stereocenters. The number of thiazole rings is 1. The van der Waals surface area contributed by atoms with Crippen LogP contribution in [-0.4, -0.2) is 15.6 Å². The lowest BCUT2D eigenvalue weighted by Crippen LogP contribution is -2.28. The van der Waals surface area contributed by atoms with Crippen LogP contribution in [0.4, 0.5) is 10.8 Å². The van der Waals surface area contributed by atoms with Crippen LogP contribution < -0.4 is 5.01 Å². The summed E-state index contributed by atoms with van der Waals surface area (Å²) in [6.45, 7) is 0. The molecule has 2 heterocycles. The van der Waals surface area contributed by atoms with E-state index < -0.39 is 4.92 Å².